The molecular weight excluding hydrogens is 244 g/mol. The van der Waals surface area contributed by atoms with Gasteiger partial charge >= 0.3 is 12.0 Å². The van der Waals surface area contributed by atoms with Gasteiger partial charge in [-0.1, -0.05) is 13.0 Å². The van der Waals surface area contributed by atoms with E-state index in [0.717, 1.165) is 16.8 Å². The summed E-state index contributed by atoms with van der Waals surface area (Å²) < 4.78 is 0. The maximum absolute atomic E-state index is 11.9. The number of urea groups is 1. The summed E-state index contributed by atoms with van der Waals surface area (Å²) in [5.41, 5.74) is 2.85. The van der Waals surface area contributed by atoms with Gasteiger partial charge in [-0.25, -0.2) is 4.79 Å². The molecule has 0 aromatic heterocycles. The number of aliphatic carboxylic acids is 1. The van der Waals surface area contributed by atoms with Crippen molar-refractivity contribution < 1.29 is 14.7 Å². The third-order valence-electron chi connectivity index (χ3n) is 2.79. The van der Waals surface area contributed by atoms with Crippen molar-refractivity contribution >= 4 is 17.7 Å². The van der Waals surface area contributed by atoms with Crippen molar-refractivity contribution in [3.8, 4) is 0 Å². The summed E-state index contributed by atoms with van der Waals surface area (Å²) >= 11 is 0. The van der Waals surface area contributed by atoms with Gasteiger partial charge in [0.05, 0.1) is 5.92 Å². The Morgan fingerprint density at radius 1 is 1.26 bits per heavy atom. The number of nitrogens with one attached hydrogen (secondary N) is 1. The Morgan fingerprint density at radius 3 is 2.26 bits per heavy atom. The van der Waals surface area contributed by atoms with E-state index >= 15 is 0 Å². The molecule has 1 atom stereocenters. The summed E-state index contributed by atoms with van der Waals surface area (Å²) in [5.74, 6) is -1.50. The van der Waals surface area contributed by atoms with E-state index in [-0.39, 0.29) is 12.6 Å². The predicted molar refractivity (Wildman–Crippen MR) is 74.4 cm³/mol. The molecule has 1 unspecified atom stereocenters. The van der Waals surface area contributed by atoms with Gasteiger partial charge in [0, 0.05) is 19.3 Å². The van der Waals surface area contributed by atoms with Gasteiger partial charge in [-0.05, 0) is 37.1 Å². The SMILES string of the molecule is Cc1cc(C)cc(NC(=O)N(C)CC(C)C(=O)O)c1. The number of hydrogen-bond acceptors (Lipinski definition) is 2. The average molecular weight is 264 g/mol. The average Bonchev–Trinajstić information content (AvgIpc) is 2.26. The van der Waals surface area contributed by atoms with Crippen LogP contribution in [-0.4, -0.2) is 35.6 Å². The second kappa shape index (κ2) is 6.22. The van der Waals surface area contributed by atoms with E-state index in [2.05, 4.69) is 5.32 Å². The molecule has 19 heavy (non-hydrogen) atoms. The normalized spacial score (nSPS) is 11.8. The number of hydrogen-bond donors (Lipinski definition) is 2. The maximum Gasteiger partial charge on any atom is 0.321 e. The molecule has 104 valence electrons. The molecule has 5 nitrogen and oxygen atoms in total. The van der Waals surface area contributed by atoms with Gasteiger partial charge in [0.2, 0.25) is 0 Å². The Hall–Kier alpha value is -2.04. The smallest absolute Gasteiger partial charge is 0.321 e. The second-order valence-electron chi connectivity index (χ2n) is 4.93. The van der Waals surface area contributed by atoms with Gasteiger partial charge in [-0.15, -0.1) is 0 Å². The first-order chi connectivity index (χ1) is 8.79. The van der Waals surface area contributed by atoms with Crippen molar-refractivity contribution in [2.75, 3.05) is 18.9 Å². The van der Waals surface area contributed by atoms with Crippen molar-refractivity contribution in [2.24, 2.45) is 5.92 Å². The van der Waals surface area contributed by atoms with Gasteiger partial charge in [-0.3, -0.25) is 4.79 Å². The Morgan fingerprint density at radius 2 is 1.79 bits per heavy atom. The monoisotopic (exact) mass is 264 g/mol. The number of carboxylic acid groups (broad SMARTS) is 1. The van der Waals surface area contributed by atoms with Crippen LogP contribution in [0.25, 0.3) is 0 Å². The van der Waals surface area contributed by atoms with Crippen LogP contribution in [0.3, 0.4) is 0 Å². The van der Waals surface area contributed by atoms with Gasteiger partial charge in [-0.2, -0.15) is 0 Å². The lowest BCUT2D eigenvalue weighted by atomic mass is 10.1. The summed E-state index contributed by atoms with van der Waals surface area (Å²) in [6.45, 7) is 5.66. The van der Waals surface area contributed by atoms with E-state index in [4.69, 9.17) is 5.11 Å². The molecule has 1 rings (SSSR count). The Kier molecular flexibility index (Phi) is 4.92. The molecule has 0 saturated heterocycles. The number of anilines is 1. The number of amides is 2. The van der Waals surface area contributed by atoms with Crippen LogP contribution in [0.1, 0.15) is 18.1 Å². The first kappa shape index (κ1) is 15.0. The van der Waals surface area contributed by atoms with E-state index < -0.39 is 11.9 Å². The molecule has 0 saturated carbocycles. The van der Waals surface area contributed by atoms with E-state index in [1.165, 1.54) is 4.90 Å². The number of aryl methyl sites for hydroxylation is 2. The maximum atomic E-state index is 11.9. The highest BCUT2D eigenvalue weighted by Gasteiger charge is 2.17. The van der Waals surface area contributed by atoms with Crippen LogP contribution in [0, 0.1) is 19.8 Å². The third-order valence-corrected chi connectivity index (χ3v) is 2.79. The third kappa shape index (κ3) is 4.62. The highest BCUT2D eigenvalue weighted by atomic mass is 16.4. The molecule has 0 spiro atoms. The van der Waals surface area contributed by atoms with E-state index in [9.17, 15) is 9.59 Å². The number of rotatable bonds is 4. The van der Waals surface area contributed by atoms with Crippen molar-refractivity contribution in [1.29, 1.82) is 0 Å². The van der Waals surface area contributed by atoms with Crippen molar-refractivity contribution in [3.05, 3.63) is 29.3 Å². The summed E-state index contributed by atoms with van der Waals surface area (Å²) in [6.07, 6.45) is 0. The molecule has 1 aromatic carbocycles. The quantitative estimate of drug-likeness (QED) is 0.877. The number of benzene rings is 1. The lowest BCUT2D eigenvalue weighted by Crippen LogP contribution is -2.36. The van der Waals surface area contributed by atoms with Crippen molar-refractivity contribution in [2.45, 2.75) is 20.8 Å². The molecule has 0 aliphatic heterocycles. The summed E-state index contributed by atoms with van der Waals surface area (Å²) in [6, 6.07) is 5.46. The molecule has 0 aliphatic carbocycles. The topological polar surface area (TPSA) is 69.6 Å². The fraction of sp³-hybridized carbons (Fsp3) is 0.429. The first-order valence-electron chi connectivity index (χ1n) is 6.13. The molecule has 2 amide bonds. The first-order valence-corrected chi connectivity index (χ1v) is 6.13. The standard InChI is InChI=1S/C14H20N2O3/c1-9-5-10(2)7-12(6-9)15-14(19)16(4)8-11(3)13(17)18/h5-7,11H,8H2,1-4H3,(H,15,19)(H,17,18). The molecule has 1 aromatic rings. The second-order valence-corrected chi connectivity index (χ2v) is 4.93. The lowest BCUT2D eigenvalue weighted by Gasteiger charge is -2.20. The van der Waals surface area contributed by atoms with Crippen LogP contribution in [0.5, 0.6) is 0 Å². The van der Waals surface area contributed by atoms with Crippen molar-refractivity contribution in [3.63, 3.8) is 0 Å². The Labute approximate surface area is 113 Å². The van der Waals surface area contributed by atoms with Crippen LogP contribution >= 0.6 is 0 Å². The zero-order valence-electron chi connectivity index (χ0n) is 11.7. The minimum atomic E-state index is -0.911. The van der Waals surface area contributed by atoms with Crippen molar-refractivity contribution in [1.82, 2.24) is 4.90 Å². The molecular formula is C14H20N2O3. The molecule has 0 aliphatic rings. The fourth-order valence-corrected chi connectivity index (χ4v) is 1.84. The molecule has 0 fully saturated rings. The molecule has 5 heteroatoms. The van der Waals surface area contributed by atoms with Gasteiger partial charge in [0.1, 0.15) is 0 Å². The molecule has 2 N–H and O–H groups in total. The van der Waals surface area contributed by atoms with E-state index in [0.29, 0.717) is 0 Å². The predicted octanol–water partition coefficient (Wildman–Crippen LogP) is 2.49. The van der Waals surface area contributed by atoms with Crippen LogP contribution in [-0.2, 0) is 4.79 Å². The highest BCUT2D eigenvalue weighted by Crippen LogP contribution is 2.14. The Bertz CT molecular complexity index is 465. The van der Waals surface area contributed by atoms with Crippen LogP contribution < -0.4 is 5.32 Å². The minimum absolute atomic E-state index is 0.173. The van der Waals surface area contributed by atoms with Crippen LogP contribution in [0.2, 0.25) is 0 Å². The highest BCUT2D eigenvalue weighted by molar-refractivity contribution is 5.89. The Balaban J connectivity index is 2.66. The molecule has 0 radical (unpaired) electrons. The minimum Gasteiger partial charge on any atom is -0.481 e. The van der Waals surface area contributed by atoms with E-state index in [1.54, 1.807) is 14.0 Å². The number of carbonyl (C=O) groups excluding carboxylic acids is 1. The van der Waals surface area contributed by atoms with E-state index in [1.807, 2.05) is 32.0 Å². The fourth-order valence-electron chi connectivity index (χ4n) is 1.84. The summed E-state index contributed by atoms with van der Waals surface area (Å²) in [4.78, 5) is 24.0. The lowest BCUT2D eigenvalue weighted by molar-refractivity contribution is -0.141. The summed E-state index contributed by atoms with van der Waals surface area (Å²) in [5, 5.41) is 11.6. The number of nitrogens with zero attached hydrogens (tertiary/aromatic N) is 1. The molecule has 0 bridgehead atoms. The zero-order chi connectivity index (χ0) is 14.6. The van der Waals surface area contributed by atoms with Crippen LogP contribution in [0.4, 0.5) is 10.5 Å². The van der Waals surface area contributed by atoms with Gasteiger partial charge in [0.15, 0.2) is 0 Å². The largest absolute Gasteiger partial charge is 0.481 e. The van der Waals surface area contributed by atoms with Gasteiger partial charge in [0.25, 0.3) is 0 Å². The molecule has 0 heterocycles. The number of carbonyl (C=O) groups is 2. The zero-order valence-corrected chi connectivity index (χ0v) is 11.7. The van der Waals surface area contributed by atoms with Gasteiger partial charge < -0.3 is 15.3 Å². The number of carboxylic acids is 1. The van der Waals surface area contributed by atoms with Crippen LogP contribution in [0.15, 0.2) is 18.2 Å². The summed E-state index contributed by atoms with van der Waals surface area (Å²) in [7, 11) is 1.58.